The molecule has 1 rings (SSSR count). The highest BCUT2D eigenvalue weighted by Crippen LogP contribution is 2.07. The molecule has 1 unspecified atom stereocenters. The van der Waals surface area contributed by atoms with Gasteiger partial charge in [-0.3, -0.25) is 4.98 Å². The van der Waals surface area contributed by atoms with Crippen LogP contribution in [0.4, 0.5) is 0 Å². The number of hydrogen-bond acceptors (Lipinski definition) is 3. The van der Waals surface area contributed by atoms with E-state index in [4.69, 9.17) is 4.74 Å². The first-order valence-electron chi connectivity index (χ1n) is 5.10. The van der Waals surface area contributed by atoms with E-state index in [0.29, 0.717) is 13.0 Å². The molecular weight excluding hydrogens is 190 g/mol. The maximum Gasteiger partial charge on any atom is 0.0845 e. The zero-order chi connectivity index (χ0) is 11.1. The second-order valence-electron chi connectivity index (χ2n) is 3.36. The van der Waals surface area contributed by atoms with Crippen molar-refractivity contribution >= 4 is 0 Å². The maximum absolute atomic E-state index is 9.81. The van der Waals surface area contributed by atoms with Crippen LogP contribution in [0.3, 0.4) is 0 Å². The van der Waals surface area contributed by atoms with Gasteiger partial charge in [0.05, 0.1) is 19.0 Å². The largest absolute Gasteiger partial charge is 0.501 e. The molecule has 3 heteroatoms. The van der Waals surface area contributed by atoms with E-state index < -0.39 is 6.10 Å². The lowest BCUT2D eigenvalue weighted by Gasteiger charge is -2.10. The first-order chi connectivity index (χ1) is 7.24. The molecule has 1 aromatic rings. The van der Waals surface area contributed by atoms with Gasteiger partial charge in [-0.15, -0.1) is 0 Å². The Hall–Kier alpha value is -1.35. The van der Waals surface area contributed by atoms with Crippen LogP contribution in [-0.4, -0.2) is 22.8 Å². The quantitative estimate of drug-likeness (QED) is 0.750. The van der Waals surface area contributed by atoms with Crippen LogP contribution in [0.1, 0.15) is 19.5 Å². The lowest BCUT2D eigenvalue weighted by atomic mass is 10.1. The summed E-state index contributed by atoms with van der Waals surface area (Å²) in [6.45, 7) is 4.38. The van der Waals surface area contributed by atoms with Crippen molar-refractivity contribution in [2.45, 2.75) is 26.4 Å². The normalized spacial score (nSPS) is 13.7. The average molecular weight is 207 g/mol. The molecule has 15 heavy (non-hydrogen) atoms. The minimum atomic E-state index is -0.522. The fourth-order valence-electron chi connectivity index (χ4n) is 1.17. The highest BCUT2D eigenvalue weighted by atomic mass is 16.5. The minimum absolute atomic E-state index is 0.522. The summed E-state index contributed by atoms with van der Waals surface area (Å²) >= 11 is 0. The number of aliphatic hydroxyl groups excluding tert-OH is 1. The highest BCUT2D eigenvalue weighted by molar-refractivity contribution is 5.10. The smallest absolute Gasteiger partial charge is 0.0845 e. The molecule has 3 nitrogen and oxygen atoms in total. The van der Waals surface area contributed by atoms with Crippen LogP contribution < -0.4 is 0 Å². The summed E-state index contributed by atoms with van der Waals surface area (Å²) < 4.78 is 5.11. The molecule has 0 bridgehead atoms. The second-order valence-corrected chi connectivity index (χ2v) is 3.36. The summed E-state index contributed by atoms with van der Waals surface area (Å²) in [6.07, 6.45) is 3.33. The summed E-state index contributed by atoms with van der Waals surface area (Å²) in [5, 5.41) is 9.81. The molecule has 0 spiro atoms. The van der Waals surface area contributed by atoms with Crippen LogP contribution in [-0.2, 0) is 11.2 Å². The molecule has 0 radical (unpaired) electrons. The van der Waals surface area contributed by atoms with Crippen LogP contribution in [0.2, 0.25) is 0 Å². The number of pyridine rings is 1. The van der Waals surface area contributed by atoms with Crippen molar-refractivity contribution in [2.24, 2.45) is 0 Å². The van der Waals surface area contributed by atoms with Gasteiger partial charge in [-0.05, 0) is 31.6 Å². The van der Waals surface area contributed by atoms with E-state index in [2.05, 4.69) is 4.98 Å². The molecule has 1 aromatic heterocycles. The lowest BCUT2D eigenvalue weighted by Crippen LogP contribution is -2.13. The molecule has 82 valence electrons. The number of aliphatic hydroxyl groups is 1. The maximum atomic E-state index is 9.81. The number of rotatable bonds is 5. The summed E-state index contributed by atoms with van der Waals surface area (Å²) in [5.41, 5.74) is 1.71. The Kier molecular flexibility index (Phi) is 4.84. The van der Waals surface area contributed by atoms with Crippen molar-refractivity contribution in [1.29, 1.82) is 0 Å². The summed E-state index contributed by atoms with van der Waals surface area (Å²) in [6, 6.07) is 5.67. The molecule has 0 saturated heterocycles. The molecule has 1 heterocycles. The Morgan fingerprint density at radius 3 is 3.00 bits per heavy atom. The molecule has 0 fully saturated rings. The van der Waals surface area contributed by atoms with Crippen molar-refractivity contribution in [2.75, 3.05) is 6.61 Å². The fraction of sp³-hybridized carbons (Fsp3) is 0.417. The van der Waals surface area contributed by atoms with Crippen LogP contribution in [0.15, 0.2) is 36.2 Å². The Balaban J connectivity index is 2.52. The molecule has 0 amide bonds. The topological polar surface area (TPSA) is 42.4 Å². The molecule has 0 aliphatic carbocycles. The number of aromatic nitrogens is 1. The average Bonchev–Trinajstić information content (AvgIpc) is 2.27. The molecule has 0 saturated carbocycles. The zero-order valence-corrected chi connectivity index (χ0v) is 9.18. The van der Waals surface area contributed by atoms with Gasteiger partial charge < -0.3 is 9.84 Å². The van der Waals surface area contributed by atoms with Gasteiger partial charge in [0.25, 0.3) is 0 Å². The van der Waals surface area contributed by atoms with E-state index in [-0.39, 0.29) is 0 Å². The molecule has 0 aliphatic rings. The summed E-state index contributed by atoms with van der Waals surface area (Å²) in [7, 11) is 0. The van der Waals surface area contributed by atoms with Gasteiger partial charge in [-0.25, -0.2) is 0 Å². The standard InChI is InChI=1S/C12H17NO2/c1-3-15-9-10(2)12(14)8-11-6-4-5-7-13-11/h4-7,9,12,14H,3,8H2,1-2H3/b10-9+. The van der Waals surface area contributed by atoms with Gasteiger partial charge in [0.15, 0.2) is 0 Å². The van der Waals surface area contributed by atoms with E-state index in [1.807, 2.05) is 32.0 Å². The Bertz CT molecular complexity index is 309. The summed E-state index contributed by atoms with van der Waals surface area (Å²) in [4.78, 5) is 4.15. The van der Waals surface area contributed by atoms with Crippen molar-refractivity contribution in [3.05, 3.63) is 41.9 Å². The van der Waals surface area contributed by atoms with Crippen molar-refractivity contribution in [3.8, 4) is 0 Å². The number of nitrogens with zero attached hydrogens (tertiary/aromatic N) is 1. The zero-order valence-electron chi connectivity index (χ0n) is 9.18. The first-order valence-corrected chi connectivity index (χ1v) is 5.10. The van der Waals surface area contributed by atoms with Crippen molar-refractivity contribution in [3.63, 3.8) is 0 Å². The Morgan fingerprint density at radius 2 is 2.40 bits per heavy atom. The molecule has 0 aliphatic heterocycles. The number of hydrogen-bond donors (Lipinski definition) is 1. The number of ether oxygens (including phenoxy) is 1. The van der Waals surface area contributed by atoms with E-state index >= 15 is 0 Å². The second kappa shape index (κ2) is 6.19. The molecule has 1 N–H and O–H groups in total. The van der Waals surface area contributed by atoms with Gasteiger partial charge in [0, 0.05) is 18.3 Å². The Morgan fingerprint density at radius 1 is 1.60 bits per heavy atom. The van der Waals surface area contributed by atoms with Crippen LogP contribution in [0.25, 0.3) is 0 Å². The van der Waals surface area contributed by atoms with Crippen LogP contribution in [0, 0.1) is 0 Å². The first kappa shape index (κ1) is 11.7. The van der Waals surface area contributed by atoms with Crippen molar-refractivity contribution in [1.82, 2.24) is 4.98 Å². The van der Waals surface area contributed by atoms with Gasteiger partial charge in [0.1, 0.15) is 0 Å². The van der Waals surface area contributed by atoms with Crippen LogP contribution in [0.5, 0.6) is 0 Å². The van der Waals surface area contributed by atoms with Gasteiger partial charge in [0.2, 0.25) is 0 Å². The lowest BCUT2D eigenvalue weighted by molar-refractivity contribution is 0.196. The summed E-state index contributed by atoms with van der Waals surface area (Å²) in [5.74, 6) is 0. The van der Waals surface area contributed by atoms with Gasteiger partial charge in [-0.2, -0.15) is 0 Å². The molecule has 1 atom stereocenters. The minimum Gasteiger partial charge on any atom is -0.501 e. The van der Waals surface area contributed by atoms with E-state index in [1.54, 1.807) is 12.5 Å². The van der Waals surface area contributed by atoms with E-state index in [1.165, 1.54) is 0 Å². The highest BCUT2D eigenvalue weighted by Gasteiger charge is 2.08. The van der Waals surface area contributed by atoms with E-state index in [9.17, 15) is 5.11 Å². The van der Waals surface area contributed by atoms with Crippen molar-refractivity contribution < 1.29 is 9.84 Å². The fourth-order valence-corrected chi connectivity index (χ4v) is 1.17. The van der Waals surface area contributed by atoms with E-state index in [0.717, 1.165) is 11.3 Å². The third kappa shape index (κ3) is 4.13. The monoisotopic (exact) mass is 207 g/mol. The van der Waals surface area contributed by atoms with Crippen LogP contribution >= 0.6 is 0 Å². The third-order valence-electron chi connectivity index (χ3n) is 2.09. The molecular formula is C12H17NO2. The molecule has 0 aromatic carbocycles. The van der Waals surface area contributed by atoms with Gasteiger partial charge >= 0.3 is 0 Å². The SMILES string of the molecule is CCO/C=C(\C)C(O)Cc1ccccn1. The Labute approximate surface area is 90.4 Å². The van der Waals surface area contributed by atoms with Gasteiger partial charge in [-0.1, -0.05) is 6.07 Å². The predicted molar refractivity (Wildman–Crippen MR) is 59.3 cm³/mol. The third-order valence-corrected chi connectivity index (χ3v) is 2.09. The predicted octanol–water partition coefficient (Wildman–Crippen LogP) is 1.93.